The number of nitro groups is 1. The molecule has 0 spiro atoms. The van der Waals surface area contributed by atoms with Crippen molar-refractivity contribution in [2.75, 3.05) is 0 Å². The van der Waals surface area contributed by atoms with Crippen molar-refractivity contribution in [3.63, 3.8) is 0 Å². The summed E-state index contributed by atoms with van der Waals surface area (Å²) in [6.45, 7) is 4.12. The zero-order valence-electron chi connectivity index (χ0n) is 13.7. The summed E-state index contributed by atoms with van der Waals surface area (Å²) >= 11 is 6.00. The van der Waals surface area contributed by atoms with E-state index in [1.54, 1.807) is 0 Å². The molecule has 0 aliphatic carbocycles. The minimum atomic E-state index is -0.758. The first-order chi connectivity index (χ1) is 11.7. The highest BCUT2D eigenvalue weighted by Gasteiger charge is 2.24. The van der Waals surface area contributed by atoms with Gasteiger partial charge in [-0.15, -0.1) is 0 Å². The van der Waals surface area contributed by atoms with Gasteiger partial charge in [-0.05, 0) is 44.2 Å². The third-order valence-electron chi connectivity index (χ3n) is 3.80. The number of rotatable bonds is 5. The molecule has 1 aromatic heterocycles. The first-order valence-corrected chi connectivity index (χ1v) is 8.00. The lowest BCUT2D eigenvalue weighted by Crippen LogP contribution is -2.33. The Labute approximate surface area is 148 Å². The molecular formula is C18H16ClFN2O3. The Balaban J connectivity index is 1.83. The lowest BCUT2D eigenvalue weighted by Gasteiger charge is -2.27. The summed E-state index contributed by atoms with van der Waals surface area (Å²) in [6.07, 6.45) is 1.91. The molecule has 5 nitrogen and oxygen atoms in total. The summed E-state index contributed by atoms with van der Waals surface area (Å²) in [5, 5.41) is 12.4. The molecule has 1 heterocycles. The molecule has 0 saturated carbocycles. The van der Waals surface area contributed by atoms with Crippen LogP contribution in [0, 0.1) is 15.9 Å². The predicted octanol–water partition coefficient (Wildman–Crippen LogP) is 5.20. The smallest absolute Gasteiger partial charge is 0.272 e. The van der Waals surface area contributed by atoms with Crippen LogP contribution in [0.2, 0.25) is 5.02 Å². The van der Waals surface area contributed by atoms with E-state index in [1.165, 1.54) is 12.1 Å². The number of fused-ring (bicyclic) bond motifs is 1. The van der Waals surface area contributed by atoms with Gasteiger partial charge in [-0.2, -0.15) is 0 Å². The fourth-order valence-corrected chi connectivity index (χ4v) is 2.92. The van der Waals surface area contributed by atoms with Crippen molar-refractivity contribution in [1.82, 2.24) is 4.57 Å². The number of hydrogen-bond acceptors (Lipinski definition) is 3. The highest BCUT2D eigenvalue weighted by Crippen LogP contribution is 2.28. The first kappa shape index (κ1) is 17.2. The van der Waals surface area contributed by atoms with Gasteiger partial charge in [0.05, 0.1) is 17.5 Å². The molecular weight excluding hydrogens is 347 g/mol. The van der Waals surface area contributed by atoms with Gasteiger partial charge in [0.2, 0.25) is 0 Å². The number of non-ortho nitro benzene ring substituents is 1. The molecule has 3 aromatic rings. The van der Waals surface area contributed by atoms with Crippen molar-refractivity contribution in [2.45, 2.75) is 26.0 Å². The van der Waals surface area contributed by atoms with Gasteiger partial charge in [0.1, 0.15) is 5.60 Å². The van der Waals surface area contributed by atoms with Gasteiger partial charge in [0.25, 0.3) is 5.69 Å². The van der Waals surface area contributed by atoms with E-state index in [0.717, 1.165) is 17.0 Å². The van der Waals surface area contributed by atoms with Crippen LogP contribution in [-0.2, 0) is 6.54 Å². The number of nitrogens with zero attached hydrogens (tertiary/aromatic N) is 2. The van der Waals surface area contributed by atoms with Gasteiger partial charge < -0.3 is 9.30 Å². The molecule has 3 rings (SSSR count). The second kappa shape index (κ2) is 6.37. The summed E-state index contributed by atoms with van der Waals surface area (Å²) in [4.78, 5) is 10.1. The topological polar surface area (TPSA) is 57.3 Å². The highest BCUT2D eigenvalue weighted by molar-refractivity contribution is 6.31. The monoisotopic (exact) mass is 362 g/mol. The van der Waals surface area contributed by atoms with Crippen molar-refractivity contribution in [2.24, 2.45) is 0 Å². The van der Waals surface area contributed by atoms with Gasteiger partial charge in [-0.1, -0.05) is 11.6 Å². The summed E-state index contributed by atoms with van der Waals surface area (Å²) in [6, 6.07) is 10.9. The molecule has 2 aromatic carbocycles. The van der Waals surface area contributed by atoms with Gasteiger partial charge in [-0.3, -0.25) is 10.1 Å². The van der Waals surface area contributed by atoms with Gasteiger partial charge in [0, 0.05) is 28.2 Å². The molecule has 130 valence electrons. The Morgan fingerprint density at radius 2 is 2.00 bits per heavy atom. The van der Waals surface area contributed by atoms with E-state index in [2.05, 4.69) is 0 Å². The SMILES string of the molecule is CC(C)(Cn1ccc2cc(Cl)ccc21)Oc1ccc([N+](=O)[O-])cc1F. The molecule has 0 amide bonds. The van der Waals surface area contributed by atoms with E-state index in [1.807, 2.05) is 48.9 Å². The fraction of sp³-hybridized carbons (Fsp3) is 0.222. The summed E-state index contributed by atoms with van der Waals surface area (Å²) < 4.78 is 21.8. The Morgan fingerprint density at radius 3 is 2.68 bits per heavy atom. The van der Waals surface area contributed by atoms with E-state index >= 15 is 0 Å². The Bertz CT molecular complexity index is 953. The van der Waals surface area contributed by atoms with Crippen LogP contribution in [0.4, 0.5) is 10.1 Å². The van der Waals surface area contributed by atoms with Crippen molar-refractivity contribution in [3.05, 3.63) is 69.6 Å². The lowest BCUT2D eigenvalue weighted by atomic mass is 10.1. The molecule has 0 fully saturated rings. The number of halogens is 2. The highest BCUT2D eigenvalue weighted by atomic mass is 35.5. The van der Waals surface area contributed by atoms with Crippen LogP contribution in [-0.4, -0.2) is 15.1 Å². The maximum atomic E-state index is 14.1. The van der Waals surface area contributed by atoms with E-state index in [0.29, 0.717) is 11.6 Å². The van der Waals surface area contributed by atoms with E-state index in [4.69, 9.17) is 16.3 Å². The number of nitro benzene ring substituents is 1. The predicted molar refractivity (Wildman–Crippen MR) is 94.7 cm³/mol. The Hall–Kier alpha value is -2.60. The largest absolute Gasteiger partial charge is 0.483 e. The van der Waals surface area contributed by atoms with Gasteiger partial charge in [-0.25, -0.2) is 4.39 Å². The molecule has 0 unspecified atom stereocenters. The molecule has 0 radical (unpaired) electrons. The quantitative estimate of drug-likeness (QED) is 0.463. The van der Waals surface area contributed by atoms with E-state index < -0.39 is 16.3 Å². The van der Waals surface area contributed by atoms with Crippen LogP contribution in [0.3, 0.4) is 0 Å². The minimum Gasteiger partial charge on any atom is -0.483 e. The average molecular weight is 363 g/mol. The van der Waals surface area contributed by atoms with Crippen LogP contribution in [0.15, 0.2) is 48.7 Å². The van der Waals surface area contributed by atoms with E-state index in [9.17, 15) is 14.5 Å². The summed E-state index contributed by atoms with van der Waals surface area (Å²) in [7, 11) is 0. The zero-order valence-corrected chi connectivity index (χ0v) is 14.5. The third kappa shape index (κ3) is 3.74. The number of benzene rings is 2. The van der Waals surface area contributed by atoms with Crippen LogP contribution < -0.4 is 4.74 Å². The maximum Gasteiger partial charge on any atom is 0.272 e. The van der Waals surface area contributed by atoms with Crippen molar-refractivity contribution in [3.8, 4) is 5.75 Å². The second-order valence-corrected chi connectivity index (χ2v) is 6.82. The Kier molecular flexibility index (Phi) is 4.39. The molecule has 7 heteroatoms. The maximum absolute atomic E-state index is 14.1. The number of ether oxygens (including phenoxy) is 1. The van der Waals surface area contributed by atoms with Crippen LogP contribution in [0.5, 0.6) is 5.75 Å². The molecule has 0 aliphatic rings. The van der Waals surface area contributed by atoms with Gasteiger partial charge >= 0.3 is 0 Å². The minimum absolute atomic E-state index is 0.0184. The molecule has 0 bridgehead atoms. The molecule has 25 heavy (non-hydrogen) atoms. The van der Waals surface area contributed by atoms with Crippen LogP contribution in [0.25, 0.3) is 10.9 Å². The molecule has 0 atom stereocenters. The van der Waals surface area contributed by atoms with Crippen molar-refractivity contribution in [1.29, 1.82) is 0 Å². The summed E-state index contributed by atoms with van der Waals surface area (Å²) in [5.41, 5.74) is -0.0519. The lowest BCUT2D eigenvalue weighted by molar-refractivity contribution is -0.385. The standard InChI is InChI=1S/C18H16ClFN2O3/c1-18(2,25-17-6-4-14(22(23)24)10-15(17)20)11-21-8-7-12-9-13(19)3-5-16(12)21/h3-10H,11H2,1-2H3. The number of aromatic nitrogens is 1. The fourth-order valence-electron chi connectivity index (χ4n) is 2.74. The van der Waals surface area contributed by atoms with Crippen molar-refractivity contribution >= 4 is 28.2 Å². The zero-order chi connectivity index (χ0) is 18.2. The van der Waals surface area contributed by atoms with Crippen LogP contribution >= 0.6 is 11.6 Å². The number of hydrogen-bond donors (Lipinski definition) is 0. The van der Waals surface area contributed by atoms with Crippen molar-refractivity contribution < 1.29 is 14.1 Å². The first-order valence-electron chi connectivity index (χ1n) is 7.62. The average Bonchev–Trinajstić information content (AvgIpc) is 2.90. The van der Waals surface area contributed by atoms with Crippen LogP contribution in [0.1, 0.15) is 13.8 Å². The normalized spacial score (nSPS) is 11.7. The summed E-state index contributed by atoms with van der Waals surface area (Å²) in [5.74, 6) is -0.776. The molecule has 0 aliphatic heterocycles. The van der Waals surface area contributed by atoms with E-state index in [-0.39, 0.29) is 11.4 Å². The van der Waals surface area contributed by atoms with Gasteiger partial charge in [0.15, 0.2) is 11.6 Å². The molecule has 0 saturated heterocycles. The second-order valence-electron chi connectivity index (χ2n) is 6.38. The third-order valence-corrected chi connectivity index (χ3v) is 4.03. The Morgan fingerprint density at radius 1 is 1.24 bits per heavy atom. The molecule has 0 N–H and O–H groups in total.